The van der Waals surface area contributed by atoms with Crippen LogP contribution in [0.5, 0.6) is 0 Å². The molecule has 0 aliphatic heterocycles. The maximum Gasteiger partial charge on any atom is 0.192 e. The molecule has 1 aromatic heterocycles. The van der Waals surface area contributed by atoms with Crippen LogP contribution in [0.25, 0.3) is 16.6 Å². The molecule has 0 saturated carbocycles. The molecule has 0 radical (unpaired) electrons. The van der Waals surface area contributed by atoms with Crippen LogP contribution in [0, 0.1) is 6.92 Å². The molecule has 0 spiro atoms. The molecular formula is C28H22N2O. The SMILES string of the molecule is Cc1cn(-c2ccccc2)c2ccc(N(c3ccccc3)c3ccccc3)cc2c1=O. The number of fused-ring (bicyclic) bond motifs is 1. The predicted octanol–water partition coefficient (Wildman–Crippen LogP) is 6.77. The van der Waals surface area contributed by atoms with E-state index >= 15 is 0 Å². The van der Waals surface area contributed by atoms with Crippen LogP contribution >= 0.6 is 0 Å². The standard InChI is InChI=1S/C28H22N2O/c1-21-20-29(22-11-5-2-6-12-22)27-18-17-25(19-26(27)28(21)31)30(23-13-7-3-8-14-23)24-15-9-4-10-16-24/h2-20H,1H3. The number of aromatic nitrogens is 1. The summed E-state index contributed by atoms with van der Waals surface area (Å²) in [4.78, 5) is 15.3. The molecule has 0 N–H and O–H groups in total. The molecule has 0 aliphatic rings. The van der Waals surface area contributed by atoms with Crippen LogP contribution in [-0.2, 0) is 0 Å². The molecule has 4 aromatic carbocycles. The van der Waals surface area contributed by atoms with Crippen molar-refractivity contribution in [2.24, 2.45) is 0 Å². The molecule has 0 bridgehead atoms. The number of rotatable bonds is 4. The van der Waals surface area contributed by atoms with E-state index in [4.69, 9.17) is 0 Å². The molecule has 3 heteroatoms. The van der Waals surface area contributed by atoms with Crippen LogP contribution in [-0.4, -0.2) is 4.57 Å². The van der Waals surface area contributed by atoms with E-state index in [1.54, 1.807) is 0 Å². The first-order chi connectivity index (χ1) is 15.2. The quantitative estimate of drug-likeness (QED) is 0.331. The fourth-order valence-electron chi connectivity index (χ4n) is 3.99. The predicted molar refractivity (Wildman–Crippen MR) is 129 cm³/mol. The van der Waals surface area contributed by atoms with E-state index in [0.717, 1.165) is 33.8 Å². The van der Waals surface area contributed by atoms with Gasteiger partial charge in [0.25, 0.3) is 0 Å². The largest absolute Gasteiger partial charge is 0.316 e. The Morgan fingerprint density at radius 3 is 1.77 bits per heavy atom. The van der Waals surface area contributed by atoms with Gasteiger partial charge in [0.15, 0.2) is 5.43 Å². The van der Waals surface area contributed by atoms with Crippen molar-refractivity contribution in [3.05, 3.63) is 131 Å². The lowest BCUT2D eigenvalue weighted by molar-refractivity contribution is 1.08. The highest BCUT2D eigenvalue weighted by molar-refractivity contribution is 5.88. The molecule has 1 heterocycles. The fraction of sp³-hybridized carbons (Fsp3) is 0.0357. The maximum absolute atomic E-state index is 13.1. The highest BCUT2D eigenvalue weighted by Gasteiger charge is 2.15. The number of aryl methyl sites for hydroxylation is 1. The molecule has 0 atom stereocenters. The van der Waals surface area contributed by atoms with E-state index in [0.29, 0.717) is 5.39 Å². The van der Waals surface area contributed by atoms with Gasteiger partial charge in [0.05, 0.1) is 5.52 Å². The highest BCUT2D eigenvalue weighted by atomic mass is 16.1. The molecule has 3 nitrogen and oxygen atoms in total. The number of para-hydroxylation sites is 3. The third-order valence-electron chi connectivity index (χ3n) is 5.49. The Bertz CT molecular complexity index is 1350. The monoisotopic (exact) mass is 402 g/mol. The van der Waals surface area contributed by atoms with Crippen molar-refractivity contribution < 1.29 is 0 Å². The first-order valence-electron chi connectivity index (χ1n) is 10.3. The van der Waals surface area contributed by atoms with Gasteiger partial charge in [-0.15, -0.1) is 0 Å². The molecular weight excluding hydrogens is 380 g/mol. The first-order valence-corrected chi connectivity index (χ1v) is 10.3. The van der Waals surface area contributed by atoms with Crippen molar-refractivity contribution in [2.45, 2.75) is 6.92 Å². The Hall–Kier alpha value is -4.11. The lowest BCUT2D eigenvalue weighted by Crippen LogP contribution is -2.14. The summed E-state index contributed by atoms with van der Waals surface area (Å²) < 4.78 is 2.09. The number of anilines is 3. The van der Waals surface area contributed by atoms with Gasteiger partial charge < -0.3 is 9.47 Å². The molecule has 0 saturated heterocycles. The van der Waals surface area contributed by atoms with Gasteiger partial charge in [-0.05, 0) is 61.5 Å². The van der Waals surface area contributed by atoms with Gasteiger partial charge >= 0.3 is 0 Å². The zero-order chi connectivity index (χ0) is 21.2. The lowest BCUT2D eigenvalue weighted by Gasteiger charge is -2.26. The molecule has 0 amide bonds. The second-order valence-corrected chi connectivity index (χ2v) is 7.55. The topological polar surface area (TPSA) is 25.2 Å². The third-order valence-corrected chi connectivity index (χ3v) is 5.49. The van der Waals surface area contributed by atoms with Crippen LogP contribution in [0.3, 0.4) is 0 Å². The summed E-state index contributed by atoms with van der Waals surface area (Å²) in [6.45, 7) is 1.88. The van der Waals surface area contributed by atoms with E-state index in [1.807, 2.05) is 79.9 Å². The van der Waals surface area contributed by atoms with Crippen LogP contribution in [0.1, 0.15) is 5.56 Å². The van der Waals surface area contributed by atoms with Gasteiger partial charge in [0.1, 0.15) is 0 Å². The van der Waals surface area contributed by atoms with E-state index in [-0.39, 0.29) is 5.43 Å². The number of nitrogens with zero attached hydrogens (tertiary/aromatic N) is 2. The van der Waals surface area contributed by atoms with Crippen molar-refractivity contribution in [2.75, 3.05) is 4.90 Å². The number of hydrogen-bond acceptors (Lipinski definition) is 2. The molecule has 0 aliphatic carbocycles. The normalized spacial score (nSPS) is 10.9. The number of benzene rings is 4. The molecule has 5 rings (SSSR count). The molecule has 0 fully saturated rings. The Balaban J connectivity index is 1.75. The Morgan fingerprint density at radius 2 is 1.19 bits per heavy atom. The Morgan fingerprint density at radius 1 is 0.645 bits per heavy atom. The van der Waals surface area contributed by atoms with Crippen LogP contribution in [0.2, 0.25) is 0 Å². The van der Waals surface area contributed by atoms with E-state index in [9.17, 15) is 4.79 Å². The van der Waals surface area contributed by atoms with Gasteiger partial charge in [-0.25, -0.2) is 0 Å². The second kappa shape index (κ2) is 7.96. The molecule has 0 unspecified atom stereocenters. The van der Waals surface area contributed by atoms with Crippen molar-refractivity contribution >= 4 is 28.0 Å². The van der Waals surface area contributed by atoms with E-state index < -0.39 is 0 Å². The van der Waals surface area contributed by atoms with Gasteiger partial charge in [0, 0.05) is 39.9 Å². The van der Waals surface area contributed by atoms with Gasteiger partial charge in [-0.2, -0.15) is 0 Å². The average molecular weight is 402 g/mol. The summed E-state index contributed by atoms with van der Waals surface area (Å²) in [5.74, 6) is 0. The Labute approximate surface area is 181 Å². The zero-order valence-electron chi connectivity index (χ0n) is 17.3. The summed E-state index contributed by atoms with van der Waals surface area (Å²) in [6.07, 6.45) is 1.92. The number of pyridine rings is 1. The summed E-state index contributed by atoms with van der Waals surface area (Å²) in [5, 5.41) is 0.707. The van der Waals surface area contributed by atoms with Gasteiger partial charge in [-0.3, -0.25) is 4.79 Å². The molecule has 31 heavy (non-hydrogen) atoms. The van der Waals surface area contributed by atoms with Crippen molar-refractivity contribution in [3.63, 3.8) is 0 Å². The summed E-state index contributed by atoms with van der Waals surface area (Å²) in [5.41, 5.74) is 5.75. The zero-order valence-corrected chi connectivity index (χ0v) is 17.3. The molecule has 150 valence electrons. The van der Waals surface area contributed by atoms with Crippen LogP contribution in [0.4, 0.5) is 17.1 Å². The van der Waals surface area contributed by atoms with Crippen molar-refractivity contribution in [1.29, 1.82) is 0 Å². The summed E-state index contributed by atoms with van der Waals surface area (Å²) >= 11 is 0. The summed E-state index contributed by atoms with van der Waals surface area (Å²) in [6, 6.07) is 36.7. The van der Waals surface area contributed by atoms with Crippen LogP contribution in [0.15, 0.2) is 120 Å². The second-order valence-electron chi connectivity index (χ2n) is 7.55. The van der Waals surface area contributed by atoms with E-state index in [1.165, 1.54) is 0 Å². The fourth-order valence-corrected chi connectivity index (χ4v) is 3.99. The van der Waals surface area contributed by atoms with Crippen molar-refractivity contribution in [1.82, 2.24) is 4.57 Å². The van der Waals surface area contributed by atoms with Gasteiger partial charge in [0.2, 0.25) is 0 Å². The third kappa shape index (κ3) is 3.51. The minimum absolute atomic E-state index is 0.0603. The average Bonchev–Trinajstić information content (AvgIpc) is 2.83. The molecule has 5 aromatic rings. The van der Waals surface area contributed by atoms with Crippen LogP contribution < -0.4 is 10.3 Å². The minimum atomic E-state index is 0.0603. The summed E-state index contributed by atoms with van der Waals surface area (Å²) in [7, 11) is 0. The van der Waals surface area contributed by atoms with Crippen molar-refractivity contribution in [3.8, 4) is 5.69 Å². The number of hydrogen-bond donors (Lipinski definition) is 0. The van der Waals surface area contributed by atoms with E-state index in [2.05, 4.69) is 51.9 Å². The lowest BCUT2D eigenvalue weighted by atomic mass is 10.1. The highest BCUT2D eigenvalue weighted by Crippen LogP contribution is 2.35. The smallest absolute Gasteiger partial charge is 0.192 e. The maximum atomic E-state index is 13.1. The first kappa shape index (κ1) is 18.9. The van der Waals surface area contributed by atoms with Gasteiger partial charge in [-0.1, -0.05) is 54.6 Å². The Kier molecular flexibility index (Phi) is 4.85. The minimum Gasteiger partial charge on any atom is -0.316 e.